The first-order chi connectivity index (χ1) is 13.5. The smallest absolute Gasteiger partial charge is 0.340 e. The van der Waals surface area contributed by atoms with E-state index in [0.717, 1.165) is 11.1 Å². The number of nitrogens with zero attached hydrogens (tertiary/aromatic N) is 1. The summed E-state index contributed by atoms with van der Waals surface area (Å²) in [4.78, 5) is 28.8. The van der Waals surface area contributed by atoms with E-state index in [-0.39, 0.29) is 31.1 Å². The molecule has 0 saturated carbocycles. The van der Waals surface area contributed by atoms with Gasteiger partial charge >= 0.3 is 11.9 Å². The first-order valence-corrected chi connectivity index (χ1v) is 9.09. The molecule has 3 rings (SSSR count). The minimum Gasteiger partial charge on any atom is -0.466 e. The summed E-state index contributed by atoms with van der Waals surface area (Å²) < 4.78 is 15.9. The molecule has 7 heteroatoms. The minimum atomic E-state index is -0.622. The normalized spacial score (nSPS) is 15.4. The summed E-state index contributed by atoms with van der Waals surface area (Å²) in [7, 11) is 0. The number of esters is 2. The summed E-state index contributed by atoms with van der Waals surface area (Å²) in [5.41, 5.74) is 8.68. The molecule has 1 aromatic heterocycles. The fourth-order valence-electron chi connectivity index (χ4n) is 3.19. The van der Waals surface area contributed by atoms with Gasteiger partial charge in [0.05, 0.1) is 19.6 Å². The first kappa shape index (κ1) is 19.4. The fraction of sp³-hybridized carbons (Fsp3) is 0.286. The van der Waals surface area contributed by atoms with Crippen LogP contribution < -0.4 is 10.5 Å². The average molecular weight is 382 g/mol. The third kappa shape index (κ3) is 3.98. The van der Waals surface area contributed by atoms with Gasteiger partial charge in [0.15, 0.2) is 0 Å². The highest BCUT2D eigenvalue weighted by molar-refractivity contribution is 5.93. The molecule has 2 aromatic rings. The molecule has 146 valence electrons. The number of pyridine rings is 1. The van der Waals surface area contributed by atoms with Crippen LogP contribution in [0.5, 0.6) is 5.75 Å². The van der Waals surface area contributed by atoms with Crippen LogP contribution in [0.4, 0.5) is 0 Å². The van der Waals surface area contributed by atoms with Crippen LogP contribution in [0, 0.1) is 0 Å². The lowest BCUT2D eigenvalue weighted by Gasteiger charge is -2.28. The second-order valence-electron chi connectivity index (χ2n) is 6.15. The molecule has 1 atom stereocenters. The maximum absolute atomic E-state index is 12.5. The number of aromatic nitrogens is 1. The zero-order valence-corrected chi connectivity index (χ0v) is 15.8. The number of nitrogens with two attached hydrogens (primary N) is 1. The van der Waals surface area contributed by atoms with Crippen LogP contribution in [0.15, 0.2) is 54.2 Å². The monoisotopic (exact) mass is 382 g/mol. The van der Waals surface area contributed by atoms with Crippen LogP contribution in [0.25, 0.3) is 11.1 Å². The van der Waals surface area contributed by atoms with Crippen molar-refractivity contribution < 1.29 is 23.8 Å². The molecular formula is C21H22N2O5. The Kier molecular flexibility index (Phi) is 5.93. The molecule has 1 unspecified atom stereocenters. The number of carbonyl (C=O) groups is 2. The van der Waals surface area contributed by atoms with Crippen molar-refractivity contribution in [3.63, 3.8) is 0 Å². The predicted octanol–water partition coefficient (Wildman–Crippen LogP) is 2.91. The van der Waals surface area contributed by atoms with Crippen molar-refractivity contribution in [1.29, 1.82) is 0 Å². The van der Waals surface area contributed by atoms with Crippen molar-refractivity contribution in [3.8, 4) is 16.9 Å². The van der Waals surface area contributed by atoms with Gasteiger partial charge in [-0.3, -0.25) is 9.78 Å². The van der Waals surface area contributed by atoms with Crippen molar-refractivity contribution in [2.24, 2.45) is 5.73 Å². The summed E-state index contributed by atoms with van der Waals surface area (Å²) in [5.74, 6) is -1.21. The van der Waals surface area contributed by atoms with E-state index in [1.165, 1.54) is 0 Å². The van der Waals surface area contributed by atoms with Crippen LogP contribution in [0.3, 0.4) is 0 Å². The zero-order valence-electron chi connectivity index (χ0n) is 15.8. The average Bonchev–Trinajstić information content (AvgIpc) is 2.68. The molecular weight excluding hydrogens is 360 g/mol. The lowest BCUT2D eigenvalue weighted by molar-refractivity contribution is -0.143. The number of fused-ring (bicyclic) bond motifs is 1. The first-order valence-electron chi connectivity index (χ1n) is 9.09. The highest BCUT2D eigenvalue weighted by Gasteiger charge is 2.36. The summed E-state index contributed by atoms with van der Waals surface area (Å²) in [6.45, 7) is 3.87. The van der Waals surface area contributed by atoms with Gasteiger partial charge in [0.1, 0.15) is 11.3 Å². The van der Waals surface area contributed by atoms with Crippen molar-refractivity contribution in [2.75, 3.05) is 13.2 Å². The molecule has 7 nitrogen and oxygen atoms in total. The third-order valence-electron chi connectivity index (χ3n) is 4.40. The summed E-state index contributed by atoms with van der Waals surface area (Å²) in [6, 6.07) is 9.31. The van der Waals surface area contributed by atoms with E-state index in [2.05, 4.69) is 4.98 Å². The largest absolute Gasteiger partial charge is 0.466 e. The van der Waals surface area contributed by atoms with E-state index in [1.54, 1.807) is 32.3 Å². The number of ether oxygens (including phenoxy) is 3. The van der Waals surface area contributed by atoms with Crippen molar-refractivity contribution in [3.05, 3.63) is 59.7 Å². The second kappa shape index (κ2) is 8.56. The van der Waals surface area contributed by atoms with Crippen molar-refractivity contribution in [1.82, 2.24) is 4.98 Å². The quantitative estimate of drug-likeness (QED) is 0.767. The fourth-order valence-corrected chi connectivity index (χ4v) is 3.19. The molecule has 1 aromatic carbocycles. The SMILES string of the molecule is CCOC(=O)CC1C(C(=O)OCC)=C(N)Oc2ccc(-c3ccncc3)cc21. The summed E-state index contributed by atoms with van der Waals surface area (Å²) in [6.07, 6.45) is 3.35. The Morgan fingerprint density at radius 2 is 1.79 bits per heavy atom. The Labute approximate surface area is 163 Å². The van der Waals surface area contributed by atoms with Crippen LogP contribution in [-0.4, -0.2) is 30.1 Å². The van der Waals surface area contributed by atoms with E-state index >= 15 is 0 Å². The van der Waals surface area contributed by atoms with Gasteiger partial charge in [-0.05, 0) is 49.2 Å². The molecule has 2 N–H and O–H groups in total. The van der Waals surface area contributed by atoms with Crippen LogP contribution in [0.2, 0.25) is 0 Å². The van der Waals surface area contributed by atoms with Gasteiger partial charge in [0.25, 0.3) is 0 Å². The van der Waals surface area contributed by atoms with E-state index in [4.69, 9.17) is 19.9 Å². The lowest BCUT2D eigenvalue weighted by Crippen LogP contribution is -2.28. The third-order valence-corrected chi connectivity index (χ3v) is 4.40. The Bertz CT molecular complexity index is 908. The molecule has 0 spiro atoms. The van der Waals surface area contributed by atoms with Gasteiger partial charge in [-0.1, -0.05) is 6.07 Å². The molecule has 2 heterocycles. The molecule has 0 fully saturated rings. The van der Waals surface area contributed by atoms with Crippen molar-refractivity contribution in [2.45, 2.75) is 26.2 Å². The van der Waals surface area contributed by atoms with E-state index in [0.29, 0.717) is 11.3 Å². The van der Waals surface area contributed by atoms with Crippen molar-refractivity contribution >= 4 is 11.9 Å². The van der Waals surface area contributed by atoms with Crippen LogP contribution >= 0.6 is 0 Å². The van der Waals surface area contributed by atoms with Gasteiger partial charge < -0.3 is 19.9 Å². The Balaban J connectivity index is 2.07. The van der Waals surface area contributed by atoms with Crippen LogP contribution in [0.1, 0.15) is 31.7 Å². The van der Waals surface area contributed by atoms with Crippen LogP contribution in [-0.2, 0) is 19.1 Å². The summed E-state index contributed by atoms with van der Waals surface area (Å²) >= 11 is 0. The molecule has 0 saturated heterocycles. The maximum Gasteiger partial charge on any atom is 0.340 e. The number of hydrogen-bond donors (Lipinski definition) is 1. The lowest BCUT2D eigenvalue weighted by atomic mass is 9.84. The highest BCUT2D eigenvalue weighted by atomic mass is 16.5. The number of rotatable bonds is 6. The molecule has 0 bridgehead atoms. The molecule has 1 aliphatic heterocycles. The highest BCUT2D eigenvalue weighted by Crippen LogP contribution is 2.42. The number of benzene rings is 1. The van der Waals surface area contributed by atoms with Gasteiger partial charge in [0.2, 0.25) is 5.88 Å². The van der Waals surface area contributed by atoms with E-state index < -0.39 is 17.9 Å². The van der Waals surface area contributed by atoms with Gasteiger partial charge in [-0.2, -0.15) is 0 Å². The molecule has 0 radical (unpaired) electrons. The topological polar surface area (TPSA) is 101 Å². The zero-order chi connectivity index (χ0) is 20.1. The number of carbonyl (C=O) groups excluding carboxylic acids is 2. The molecule has 28 heavy (non-hydrogen) atoms. The van der Waals surface area contributed by atoms with E-state index in [9.17, 15) is 9.59 Å². The number of hydrogen-bond acceptors (Lipinski definition) is 7. The Hall–Kier alpha value is -3.35. The minimum absolute atomic E-state index is 0.0428. The van der Waals surface area contributed by atoms with E-state index in [1.807, 2.05) is 24.3 Å². The van der Waals surface area contributed by atoms with Gasteiger partial charge in [0, 0.05) is 23.9 Å². The summed E-state index contributed by atoms with van der Waals surface area (Å²) in [5, 5.41) is 0. The molecule has 1 aliphatic rings. The Morgan fingerprint density at radius 3 is 2.46 bits per heavy atom. The van der Waals surface area contributed by atoms with Gasteiger partial charge in [-0.25, -0.2) is 4.79 Å². The predicted molar refractivity (Wildman–Crippen MR) is 102 cm³/mol. The van der Waals surface area contributed by atoms with Gasteiger partial charge in [-0.15, -0.1) is 0 Å². The molecule has 0 aliphatic carbocycles. The molecule has 0 amide bonds. The Morgan fingerprint density at radius 1 is 1.07 bits per heavy atom. The standard InChI is InChI=1S/C21H22N2O5/c1-3-26-18(24)12-16-15-11-14(13-7-9-23-10-8-13)5-6-17(15)28-20(22)19(16)21(25)27-4-2/h5-11,16H,3-4,12,22H2,1-2H3. The second-order valence-corrected chi connectivity index (χ2v) is 6.15. The maximum atomic E-state index is 12.5.